The number of hydrogen-bond acceptors (Lipinski definition) is 5. The smallest absolute Gasteiger partial charge is 0.318 e. The first kappa shape index (κ1) is 23.5. The molecule has 5 rings (SSSR count). The highest BCUT2D eigenvalue weighted by atomic mass is 35.5. The number of urea groups is 1. The topological polar surface area (TPSA) is 70.6 Å². The minimum Gasteiger partial charge on any atom is -0.381 e. The van der Waals surface area contributed by atoms with Crippen LogP contribution in [0.5, 0.6) is 0 Å². The van der Waals surface area contributed by atoms with E-state index >= 15 is 0 Å². The molecule has 2 saturated heterocycles. The van der Waals surface area contributed by atoms with E-state index in [2.05, 4.69) is 15.2 Å². The van der Waals surface area contributed by atoms with Crippen LogP contribution in [-0.2, 0) is 24.1 Å². The van der Waals surface area contributed by atoms with Crippen molar-refractivity contribution in [1.29, 1.82) is 0 Å². The van der Waals surface area contributed by atoms with Crippen molar-refractivity contribution in [1.82, 2.24) is 25.1 Å². The first-order valence-electron chi connectivity index (χ1n) is 12.1. The maximum atomic E-state index is 13.7. The SMILES string of the molecule is CN1C[C@H](c2ccc(F)c(Cl)c2)[C@H](NC(=O)N2CCc3cnc(CC4CCOCC4)nc3C2)C1. The van der Waals surface area contributed by atoms with Gasteiger partial charge in [0, 0.05) is 51.4 Å². The Labute approximate surface area is 204 Å². The van der Waals surface area contributed by atoms with Gasteiger partial charge in [-0.25, -0.2) is 19.2 Å². The largest absolute Gasteiger partial charge is 0.381 e. The number of likely N-dealkylation sites (N-methyl/N-ethyl adjacent to an activating group) is 1. The summed E-state index contributed by atoms with van der Waals surface area (Å²) in [5.41, 5.74) is 3.01. The van der Waals surface area contributed by atoms with Crippen LogP contribution in [0, 0.1) is 11.7 Å². The predicted octanol–water partition coefficient (Wildman–Crippen LogP) is 3.40. The normalized spacial score (nSPS) is 23.7. The average Bonchev–Trinajstić information content (AvgIpc) is 3.20. The molecule has 4 heterocycles. The summed E-state index contributed by atoms with van der Waals surface area (Å²) in [6, 6.07) is 4.67. The van der Waals surface area contributed by atoms with Gasteiger partial charge < -0.3 is 19.9 Å². The Kier molecular flexibility index (Phi) is 6.99. The summed E-state index contributed by atoms with van der Waals surface area (Å²) in [4.78, 5) is 26.7. The number of benzene rings is 1. The molecular weight excluding hydrogens is 457 g/mol. The molecule has 2 atom stereocenters. The highest BCUT2D eigenvalue weighted by molar-refractivity contribution is 6.30. The van der Waals surface area contributed by atoms with Crippen molar-refractivity contribution in [2.24, 2.45) is 5.92 Å². The van der Waals surface area contributed by atoms with Gasteiger partial charge >= 0.3 is 6.03 Å². The van der Waals surface area contributed by atoms with Crippen molar-refractivity contribution in [2.75, 3.05) is 39.9 Å². The van der Waals surface area contributed by atoms with Crippen molar-refractivity contribution >= 4 is 17.6 Å². The highest BCUT2D eigenvalue weighted by Crippen LogP contribution is 2.30. The highest BCUT2D eigenvalue weighted by Gasteiger charge is 2.35. The molecule has 3 aliphatic heterocycles. The summed E-state index contributed by atoms with van der Waals surface area (Å²) in [7, 11) is 2.03. The Morgan fingerprint density at radius 3 is 2.91 bits per heavy atom. The Hall–Kier alpha value is -2.29. The van der Waals surface area contributed by atoms with Crippen molar-refractivity contribution in [3.8, 4) is 0 Å². The maximum Gasteiger partial charge on any atom is 0.318 e. The number of nitrogens with zero attached hydrogens (tertiary/aromatic N) is 4. The molecule has 9 heteroatoms. The Morgan fingerprint density at radius 2 is 2.12 bits per heavy atom. The molecule has 2 fully saturated rings. The molecule has 2 amide bonds. The lowest BCUT2D eigenvalue weighted by Crippen LogP contribution is -2.49. The molecule has 1 aromatic carbocycles. The van der Waals surface area contributed by atoms with E-state index in [1.54, 1.807) is 12.1 Å². The molecule has 0 saturated carbocycles. The standard InChI is InChI=1S/C25H31ClFN5O2/c1-31-13-19(17-2-3-21(27)20(26)11-17)23(14-31)30-25(33)32-7-4-18-12-28-24(29-22(18)15-32)10-16-5-8-34-9-6-16/h2-3,11-12,16,19,23H,4-10,13-15H2,1H3,(H,30,33)/t19-,23-/m1/s1. The zero-order chi connectivity index (χ0) is 23.7. The first-order valence-corrected chi connectivity index (χ1v) is 12.4. The molecule has 3 aliphatic rings. The molecular formula is C25H31ClFN5O2. The summed E-state index contributed by atoms with van der Waals surface area (Å²) in [6.45, 7) is 4.25. The van der Waals surface area contributed by atoms with Crippen LogP contribution in [0.15, 0.2) is 24.4 Å². The summed E-state index contributed by atoms with van der Waals surface area (Å²) < 4.78 is 19.1. The Balaban J connectivity index is 1.24. The molecule has 0 unspecified atom stereocenters. The number of aromatic nitrogens is 2. The zero-order valence-electron chi connectivity index (χ0n) is 19.5. The van der Waals surface area contributed by atoms with E-state index in [1.807, 2.05) is 18.1 Å². The minimum atomic E-state index is -0.428. The van der Waals surface area contributed by atoms with Crippen LogP contribution in [0.25, 0.3) is 0 Å². The van der Waals surface area contributed by atoms with E-state index in [0.29, 0.717) is 19.0 Å². The Morgan fingerprint density at radius 1 is 1.29 bits per heavy atom. The fourth-order valence-corrected chi connectivity index (χ4v) is 5.49. The molecule has 182 valence electrons. The van der Waals surface area contributed by atoms with Gasteiger partial charge in [-0.3, -0.25) is 0 Å². The second-order valence-corrected chi connectivity index (χ2v) is 10.2. The van der Waals surface area contributed by atoms with Crippen molar-refractivity contribution in [3.63, 3.8) is 0 Å². The van der Waals surface area contributed by atoms with E-state index in [4.69, 9.17) is 21.3 Å². The molecule has 2 aromatic rings. The van der Waals surface area contributed by atoms with Gasteiger partial charge in [0.1, 0.15) is 11.6 Å². The number of nitrogens with one attached hydrogen (secondary N) is 1. The lowest BCUT2D eigenvalue weighted by molar-refractivity contribution is 0.0659. The van der Waals surface area contributed by atoms with E-state index in [-0.39, 0.29) is 23.0 Å². The summed E-state index contributed by atoms with van der Waals surface area (Å²) >= 11 is 6.02. The van der Waals surface area contributed by atoms with E-state index in [0.717, 1.165) is 74.6 Å². The van der Waals surface area contributed by atoms with Crippen LogP contribution in [0.2, 0.25) is 5.02 Å². The lowest BCUT2D eigenvalue weighted by atomic mass is 9.94. The summed E-state index contributed by atoms with van der Waals surface area (Å²) in [5.74, 6) is 1.05. The third-order valence-corrected chi connectivity index (χ3v) is 7.57. The van der Waals surface area contributed by atoms with Gasteiger partial charge in [-0.05, 0) is 55.5 Å². The fraction of sp³-hybridized carbons (Fsp3) is 0.560. The van der Waals surface area contributed by atoms with E-state index in [1.165, 1.54) is 6.07 Å². The van der Waals surface area contributed by atoms with E-state index < -0.39 is 5.82 Å². The molecule has 1 aromatic heterocycles. The second-order valence-electron chi connectivity index (χ2n) is 9.75. The van der Waals surface area contributed by atoms with Crippen molar-refractivity contribution in [2.45, 2.75) is 44.2 Å². The predicted molar refractivity (Wildman–Crippen MR) is 127 cm³/mol. The third-order valence-electron chi connectivity index (χ3n) is 7.28. The molecule has 1 N–H and O–H groups in total. The van der Waals surface area contributed by atoms with Gasteiger partial charge in [0.2, 0.25) is 0 Å². The van der Waals surface area contributed by atoms with Gasteiger partial charge in [0.25, 0.3) is 0 Å². The molecule has 0 aliphatic carbocycles. The molecule has 0 bridgehead atoms. The van der Waals surface area contributed by atoms with Gasteiger partial charge in [0.15, 0.2) is 0 Å². The molecule has 7 nitrogen and oxygen atoms in total. The fourth-order valence-electron chi connectivity index (χ4n) is 5.30. The van der Waals surface area contributed by atoms with Gasteiger partial charge in [-0.1, -0.05) is 17.7 Å². The molecule has 0 radical (unpaired) electrons. The van der Waals surface area contributed by atoms with Crippen molar-refractivity contribution < 1.29 is 13.9 Å². The number of likely N-dealkylation sites (tertiary alicyclic amines) is 1. The van der Waals surface area contributed by atoms with Crippen molar-refractivity contribution in [3.05, 3.63) is 57.9 Å². The number of amides is 2. The quantitative estimate of drug-likeness (QED) is 0.715. The number of halogens is 2. The van der Waals surface area contributed by atoms with Gasteiger partial charge in [0.05, 0.1) is 23.3 Å². The average molecular weight is 488 g/mol. The number of rotatable bonds is 4. The van der Waals surface area contributed by atoms with Crippen LogP contribution in [0.1, 0.15) is 41.4 Å². The maximum absolute atomic E-state index is 13.7. The van der Waals surface area contributed by atoms with Crippen LogP contribution >= 0.6 is 11.6 Å². The van der Waals surface area contributed by atoms with Crippen LogP contribution in [-0.4, -0.2) is 71.7 Å². The number of fused-ring (bicyclic) bond motifs is 1. The third kappa shape index (κ3) is 5.19. The first-order chi connectivity index (χ1) is 16.5. The van der Waals surface area contributed by atoms with Crippen LogP contribution in [0.4, 0.5) is 9.18 Å². The van der Waals surface area contributed by atoms with Gasteiger partial charge in [-0.2, -0.15) is 0 Å². The van der Waals surface area contributed by atoms with Gasteiger partial charge in [-0.15, -0.1) is 0 Å². The molecule has 0 spiro atoms. The van der Waals surface area contributed by atoms with Crippen LogP contribution in [0.3, 0.4) is 0 Å². The Bertz CT molecular complexity index is 1050. The number of hydrogen-bond donors (Lipinski definition) is 1. The lowest BCUT2D eigenvalue weighted by Gasteiger charge is -2.31. The van der Waals surface area contributed by atoms with Crippen LogP contribution < -0.4 is 5.32 Å². The summed E-state index contributed by atoms with van der Waals surface area (Å²) in [5, 5.41) is 3.34. The monoisotopic (exact) mass is 487 g/mol. The molecule has 34 heavy (non-hydrogen) atoms. The summed E-state index contributed by atoms with van der Waals surface area (Å²) in [6.07, 6.45) is 5.64. The minimum absolute atomic E-state index is 0.0533. The number of ether oxygens (including phenoxy) is 1. The number of carbonyl (C=O) groups excluding carboxylic acids is 1. The number of carbonyl (C=O) groups is 1. The van der Waals surface area contributed by atoms with E-state index in [9.17, 15) is 9.18 Å². The second kappa shape index (κ2) is 10.1. The zero-order valence-corrected chi connectivity index (χ0v) is 20.2.